The number of ether oxygens (including phenoxy) is 2. The summed E-state index contributed by atoms with van der Waals surface area (Å²) in [5.74, 6) is 0.992. The normalized spacial score (nSPS) is 10.4. The van der Waals surface area contributed by atoms with E-state index in [-0.39, 0.29) is 5.78 Å². The Kier molecular flexibility index (Phi) is 5.80. The van der Waals surface area contributed by atoms with Crippen LogP contribution in [0.3, 0.4) is 0 Å². The third-order valence-electron chi connectivity index (χ3n) is 3.06. The monoisotopic (exact) mass is 334 g/mol. The van der Waals surface area contributed by atoms with Crippen LogP contribution in [0.1, 0.15) is 29.8 Å². The van der Waals surface area contributed by atoms with Crippen LogP contribution in [-0.4, -0.2) is 19.0 Å². The third-order valence-corrected chi connectivity index (χ3v) is 3.82. The van der Waals surface area contributed by atoms with Crippen molar-refractivity contribution in [2.45, 2.75) is 23.6 Å². The molecule has 0 aliphatic carbocycles. The third kappa shape index (κ3) is 3.59. The Labute approximate surface area is 141 Å². The fourth-order valence-electron chi connectivity index (χ4n) is 2.08. The number of hydrogen-bond donors (Lipinski definition) is 2. The Balaban J connectivity index is 2.49. The van der Waals surface area contributed by atoms with Crippen LogP contribution >= 0.6 is 25.3 Å². The largest absolute Gasteiger partial charge is 0.490 e. The molecule has 0 atom stereocenters. The molecule has 0 saturated carbocycles. The van der Waals surface area contributed by atoms with Gasteiger partial charge in [0.2, 0.25) is 0 Å². The fourth-order valence-corrected chi connectivity index (χ4v) is 2.62. The second-order valence-corrected chi connectivity index (χ2v) is 5.49. The van der Waals surface area contributed by atoms with Crippen LogP contribution in [-0.2, 0) is 0 Å². The smallest absolute Gasteiger partial charge is 0.195 e. The van der Waals surface area contributed by atoms with Gasteiger partial charge in [0.15, 0.2) is 17.3 Å². The number of thiol groups is 2. The number of hydrogen-bond acceptors (Lipinski definition) is 5. The van der Waals surface area contributed by atoms with Crippen molar-refractivity contribution in [3.05, 3.63) is 47.5 Å². The van der Waals surface area contributed by atoms with Crippen molar-refractivity contribution in [2.75, 3.05) is 13.2 Å². The highest BCUT2D eigenvalue weighted by atomic mass is 32.1. The van der Waals surface area contributed by atoms with Crippen LogP contribution in [0.2, 0.25) is 0 Å². The van der Waals surface area contributed by atoms with Gasteiger partial charge in [0.05, 0.1) is 13.2 Å². The fraction of sp³-hybridized carbons (Fsp3) is 0.235. The first-order valence-electron chi connectivity index (χ1n) is 7.03. The summed E-state index contributed by atoms with van der Waals surface area (Å²) >= 11 is 8.76. The first-order valence-corrected chi connectivity index (χ1v) is 7.93. The summed E-state index contributed by atoms with van der Waals surface area (Å²) in [6, 6.07) is 10.6. The van der Waals surface area contributed by atoms with Crippen molar-refractivity contribution in [1.82, 2.24) is 0 Å². The van der Waals surface area contributed by atoms with Gasteiger partial charge in [0.1, 0.15) is 0 Å². The highest BCUT2D eigenvalue weighted by Gasteiger charge is 2.18. The molecule has 0 aliphatic heterocycles. The van der Waals surface area contributed by atoms with E-state index in [1.807, 2.05) is 26.0 Å². The maximum absolute atomic E-state index is 12.7. The number of benzene rings is 2. The van der Waals surface area contributed by atoms with Gasteiger partial charge in [-0.25, -0.2) is 0 Å². The van der Waals surface area contributed by atoms with E-state index in [2.05, 4.69) is 25.3 Å². The van der Waals surface area contributed by atoms with E-state index in [0.717, 1.165) is 0 Å². The number of carbonyl (C=O) groups excluding carboxylic acids is 1. The molecule has 5 heteroatoms. The Bertz CT molecular complexity index is 684. The zero-order valence-electron chi connectivity index (χ0n) is 12.5. The molecule has 3 nitrogen and oxygen atoms in total. The molecule has 0 amide bonds. The van der Waals surface area contributed by atoms with Gasteiger partial charge in [-0.05, 0) is 38.1 Å². The molecule has 0 spiro atoms. The predicted octanol–water partition coefficient (Wildman–Crippen LogP) is 4.29. The van der Waals surface area contributed by atoms with E-state index in [9.17, 15) is 4.79 Å². The van der Waals surface area contributed by atoms with Crippen LogP contribution < -0.4 is 9.47 Å². The van der Waals surface area contributed by atoms with Crippen molar-refractivity contribution < 1.29 is 14.3 Å². The first kappa shape index (κ1) is 16.8. The number of ketones is 1. The molecule has 0 fully saturated rings. The van der Waals surface area contributed by atoms with Gasteiger partial charge < -0.3 is 9.47 Å². The molecule has 116 valence electrons. The average Bonchev–Trinajstić information content (AvgIpc) is 2.50. The van der Waals surface area contributed by atoms with Crippen LogP contribution in [0.5, 0.6) is 11.5 Å². The van der Waals surface area contributed by atoms with Crippen molar-refractivity contribution in [1.29, 1.82) is 0 Å². The van der Waals surface area contributed by atoms with Crippen LogP contribution in [0.4, 0.5) is 0 Å². The van der Waals surface area contributed by atoms with Crippen LogP contribution in [0.15, 0.2) is 46.2 Å². The number of rotatable bonds is 6. The van der Waals surface area contributed by atoms with Gasteiger partial charge >= 0.3 is 0 Å². The topological polar surface area (TPSA) is 35.5 Å². The molecule has 0 radical (unpaired) electrons. The molecule has 22 heavy (non-hydrogen) atoms. The number of carbonyl (C=O) groups is 1. The molecular weight excluding hydrogens is 316 g/mol. The second-order valence-electron chi connectivity index (χ2n) is 4.53. The predicted molar refractivity (Wildman–Crippen MR) is 93.2 cm³/mol. The highest BCUT2D eigenvalue weighted by Crippen LogP contribution is 2.34. The Morgan fingerprint density at radius 2 is 1.50 bits per heavy atom. The lowest BCUT2D eigenvalue weighted by Gasteiger charge is -2.14. The first-order chi connectivity index (χ1) is 10.6. The molecular formula is C17H18O3S2. The van der Waals surface area contributed by atoms with E-state index in [4.69, 9.17) is 9.47 Å². The molecule has 2 rings (SSSR count). The van der Waals surface area contributed by atoms with E-state index in [1.54, 1.807) is 24.3 Å². The second kappa shape index (κ2) is 7.61. The van der Waals surface area contributed by atoms with Gasteiger partial charge in [-0.15, -0.1) is 25.3 Å². The minimum Gasteiger partial charge on any atom is -0.490 e. The van der Waals surface area contributed by atoms with E-state index in [0.29, 0.717) is 45.6 Å². The lowest BCUT2D eigenvalue weighted by molar-refractivity contribution is 0.103. The maximum Gasteiger partial charge on any atom is 0.195 e. The highest BCUT2D eigenvalue weighted by molar-refractivity contribution is 7.80. The van der Waals surface area contributed by atoms with E-state index < -0.39 is 0 Å². The Morgan fingerprint density at radius 3 is 2.09 bits per heavy atom. The average molecular weight is 334 g/mol. The maximum atomic E-state index is 12.7. The summed E-state index contributed by atoms with van der Waals surface area (Å²) in [5, 5.41) is 0. The Hall–Kier alpha value is -1.59. The molecule has 0 aromatic heterocycles. The summed E-state index contributed by atoms with van der Waals surface area (Å²) in [6.07, 6.45) is 0. The van der Waals surface area contributed by atoms with Gasteiger partial charge in [-0.3, -0.25) is 4.79 Å². The minimum atomic E-state index is -0.139. The zero-order chi connectivity index (χ0) is 16.1. The lowest BCUT2D eigenvalue weighted by Crippen LogP contribution is -2.06. The molecule has 0 heterocycles. The van der Waals surface area contributed by atoms with Crippen molar-refractivity contribution in [3.63, 3.8) is 0 Å². The van der Waals surface area contributed by atoms with Crippen molar-refractivity contribution >= 4 is 31.0 Å². The minimum absolute atomic E-state index is 0.139. The van der Waals surface area contributed by atoms with Gasteiger partial charge in [-0.2, -0.15) is 0 Å². The summed E-state index contributed by atoms with van der Waals surface area (Å²) in [5.41, 5.74) is 1.00. The Morgan fingerprint density at radius 1 is 0.909 bits per heavy atom. The van der Waals surface area contributed by atoms with Crippen LogP contribution in [0, 0.1) is 0 Å². The summed E-state index contributed by atoms with van der Waals surface area (Å²) in [7, 11) is 0. The lowest BCUT2D eigenvalue weighted by atomic mass is 10.0. The van der Waals surface area contributed by atoms with E-state index >= 15 is 0 Å². The summed E-state index contributed by atoms with van der Waals surface area (Å²) in [6.45, 7) is 4.78. The van der Waals surface area contributed by atoms with Crippen LogP contribution in [0.25, 0.3) is 0 Å². The van der Waals surface area contributed by atoms with Gasteiger partial charge in [0, 0.05) is 20.9 Å². The molecule has 0 N–H and O–H groups in total. The molecule has 2 aromatic rings. The van der Waals surface area contributed by atoms with E-state index in [1.165, 1.54) is 0 Å². The zero-order valence-corrected chi connectivity index (χ0v) is 14.3. The van der Waals surface area contributed by atoms with Crippen molar-refractivity contribution in [3.8, 4) is 11.5 Å². The summed E-state index contributed by atoms with van der Waals surface area (Å²) in [4.78, 5) is 13.9. The quantitative estimate of drug-likeness (QED) is 0.611. The summed E-state index contributed by atoms with van der Waals surface area (Å²) < 4.78 is 11.1. The van der Waals surface area contributed by atoms with Gasteiger partial charge in [0.25, 0.3) is 0 Å². The SMILES string of the molecule is CCOc1cc(S)c(C(=O)c2ccccc2S)cc1OCC. The molecule has 0 saturated heterocycles. The van der Waals surface area contributed by atoms with Crippen molar-refractivity contribution in [2.24, 2.45) is 0 Å². The molecule has 0 bridgehead atoms. The molecule has 2 aromatic carbocycles. The standard InChI is InChI=1S/C17H18O3S2/c1-3-19-13-9-12(16(22)10-14(13)20-4-2)17(18)11-7-5-6-8-15(11)21/h5-10,21-22H,3-4H2,1-2H3. The molecule has 0 aliphatic rings. The molecule has 0 unspecified atom stereocenters. The van der Waals surface area contributed by atoms with Gasteiger partial charge in [-0.1, -0.05) is 12.1 Å².